The average molecular weight is 455 g/mol. The highest BCUT2D eigenvalue weighted by Gasteiger charge is 2.19. The minimum Gasteiger partial charge on any atom is -0.491 e. The predicted molar refractivity (Wildman–Crippen MR) is 118 cm³/mol. The third kappa shape index (κ3) is 3.34. The number of nitrogens with zero attached hydrogens (tertiary/aromatic N) is 1. The first-order valence-electron chi connectivity index (χ1n) is 8.79. The van der Waals surface area contributed by atoms with Crippen LogP contribution in [0, 0.1) is 0 Å². The number of methoxy groups -OCH3 is 1. The van der Waals surface area contributed by atoms with Crippen LogP contribution in [0.15, 0.2) is 82.1 Å². The minimum atomic E-state index is -0.174. The lowest BCUT2D eigenvalue weighted by molar-refractivity contribution is 0.407. The molecule has 0 bridgehead atoms. The van der Waals surface area contributed by atoms with Crippen LogP contribution < -0.4 is 10.3 Å². The van der Waals surface area contributed by atoms with E-state index in [2.05, 4.69) is 15.9 Å². The van der Waals surface area contributed by atoms with Crippen molar-refractivity contribution in [2.24, 2.45) is 0 Å². The Kier molecular flexibility index (Phi) is 5.25. The molecule has 0 aliphatic heterocycles. The summed E-state index contributed by atoms with van der Waals surface area (Å²) in [7, 11) is 1.53. The van der Waals surface area contributed by atoms with Crippen molar-refractivity contribution < 1.29 is 4.74 Å². The number of pyridine rings is 1. The molecule has 1 heterocycles. The normalized spacial score (nSPS) is 11.0. The molecule has 0 aliphatic rings. The molecule has 0 N–H and O–H groups in total. The zero-order chi connectivity index (χ0) is 19.7. The Hall–Kier alpha value is -2.56. The molecule has 0 saturated heterocycles. The highest BCUT2D eigenvalue weighted by atomic mass is 79.9. The molecule has 1 aromatic heterocycles. The number of fused-ring (bicyclic) bond motifs is 1. The highest BCUT2D eigenvalue weighted by molar-refractivity contribution is 9.10. The second-order valence-electron chi connectivity index (χ2n) is 6.42. The summed E-state index contributed by atoms with van der Waals surface area (Å²) in [6.07, 6.45) is 0. The van der Waals surface area contributed by atoms with Crippen LogP contribution in [0.1, 0.15) is 5.56 Å². The van der Waals surface area contributed by atoms with E-state index in [1.54, 1.807) is 10.6 Å². The van der Waals surface area contributed by atoms with Gasteiger partial charge < -0.3 is 9.30 Å². The van der Waals surface area contributed by atoms with Gasteiger partial charge in [-0.3, -0.25) is 4.79 Å². The zero-order valence-corrected chi connectivity index (χ0v) is 17.5. The number of ether oxygens (including phenoxy) is 1. The smallest absolute Gasteiger partial charge is 0.294 e. The van der Waals surface area contributed by atoms with E-state index in [1.165, 1.54) is 7.11 Å². The lowest BCUT2D eigenvalue weighted by Gasteiger charge is -2.18. The van der Waals surface area contributed by atoms with Crippen LogP contribution >= 0.6 is 27.5 Å². The molecule has 3 aromatic carbocycles. The largest absolute Gasteiger partial charge is 0.491 e. The zero-order valence-electron chi connectivity index (χ0n) is 15.2. The monoisotopic (exact) mass is 453 g/mol. The molecule has 0 radical (unpaired) electrons. The van der Waals surface area contributed by atoms with Gasteiger partial charge in [0.05, 0.1) is 19.2 Å². The summed E-state index contributed by atoms with van der Waals surface area (Å²) in [5, 5.41) is 1.49. The molecular weight excluding hydrogens is 438 g/mol. The van der Waals surface area contributed by atoms with Crippen molar-refractivity contribution in [2.45, 2.75) is 6.54 Å². The maximum atomic E-state index is 13.4. The maximum Gasteiger partial charge on any atom is 0.294 e. The average Bonchev–Trinajstić information content (AvgIpc) is 2.71. The molecule has 0 spiro atoms. The first-order chi connectivity index (χ1) is 13.6. The van der Waals surface area contributed by atoms with E-state index in [0.717, 1.165) is 32.1 Å². The van der Waals surface area contributed by atoms with Gasteiger partial charge >= 0.3 is 0 Å². The fourth-order valence-electron chi connectivity index (χ4n) is 3.44. The van der Waals surface area contributed by atoms with Crippen LogP contribution in [-0.2, 0) is 6.54 Å². The van der Waals surface area contributed by atoms with E-state index >= 15 is 0 Å². The lowest BCUT2D eigenvalue weighted by Crippen LogP contribution is -2.23. The number of aromatic nitrogens is 1. The molecule has 3 nitrogen and oxygen atoms in total. The number of hydrogen-bond donors (Lipinski definition) is 0. The van der Waals surface area contributed by atoms with Crippen LogP contribution in [0.25, 0.3) is 22.0 Å². The van der Waals surface area contributed by atoms with Gasteiger partial charge in [0, 0.05) is 20.4 Å². The molecule has 4 aromatic rings. The first kappa shape index (κ1) is 18.8. The Bertz CT molecular complexity index is 1220. The number of hydrogen-bond acceptors (Lipinski definition) is 2. The van der Waals surface area contributed by atoms with Gasteiger partial charge in [-0.1, -0.05) is 76.1 Å². The van der Waals surface area contributed by atoms with Crippen molar-refractivity contribution in [3.05, 3.63) is 98.2 Å². The molecule has 0 unspecified atom stereocenters. The molecule has 4 rings (SSSR count). The fourth-order valence-corrected chi connectivity index (χ4v) is 4.02. The van der Waals surface area contributed by atoms with Crippen LogP contribution in [0.4, 0.5) is 0 Å². The van der Waals surface area contributed by atoms with Crippen LogP contribution in [-0.4, -0.2) is 11.7 Å². The minimum absolute atomic E-state index is 0.174. The third-order valence-electron chi connectivity index (χ3n) is 4.74. The maximum absolute atomic E-state index is 13.4. The van der Waals surface area contributed by atoms with Crippen molar-refractivity contribution in [1.29, 1.82) is 0 Å². The second-order valence-corrected chi connectivity index (χ2v) is 7.71. The van der Waals surface area contributed by atoms with Gasteiger partial charge in [-0.05, 0) is 35.4 Å². The first-order valence-corrected chi connectivity index (χ1v) is 9.96. The van der Waals surface area contributed by atoms with Gasteiger partial charge in [-0.2, -0.15) is 0 Å². The Morgan fingerprint density at radius 3 is 2.43 bits per heavy atom. The van der Waals surface area contributed by atoms with Gasteiger partial charge in [0.25, 0.3) is 5.56 Å². The summed E-state index contributed by atoms with van der Waals surface area (Å²) in [4.78, 5) is 13.4. The molecule has 140 valence electrons. The Labute approximate surface area is 176 Å². The molecule has 5 heteroatoms. The van der Waals surface area contributed by atoms with Gasteiger partial charge in [0.15, 0.2) is 5.75 Å². The molecule has 0 fully saturated rings. The van der Waals surface area contributed by atoms with Crippen LogP contribution in [0.3, 0.4) is 0 Å². The number of rotatable bonds is 4. The van der Waals surface area contributed by atoms with E-state index < -0.39 is 0 Å². The second kappa shape index (κ2) is 7.82. The van der Waals surface area contributed by atoms with Crippen molar-refractivity contribution in [1.82, 2.24) is 4.57 Å². The summed E-state index contributed by atoms with van der Waals surface area (Å²) < 4.78 is 8.29. The standard InChI is InChI=1S/C23H17BrClNO2/c1-28-22-21(15-7-3-2-4-8-15)18-13-17(25)11-12-20(18)26(23(22)27)14-16-9-5-6-10-19(16)24/h2-13H,14H2,1H3. The van der Waals surface area contributed by atoms with E-state index in [1.807, 2.05) is 66.7 Å². The van der Waals surface area contributed by atoms with E-state index in [0.29, 0.717) is 17.3 Å². The summed E-state index contributed by atoms with van der Waals surface area (Å²) in [6.45, 7) is 0.420. The van der Waals surface area contributed by atoms with Crippen molar-refractivity contribution in [3.63, 3.8) is 0 Å². The van der Waals surface area contributed by atoms with Crippen LogP contribution in [0.5, 0.6) is 5.75 Å². The van der Waals surface area contributed by atoms with Crippen LogP contribution in [0.2, 0.25) is 5.02 Å². The van der Waals surface area contributed by atoms with Crippen molar-refractivity contribution in [3.8, 4) is 16.9 Å². The van der Waals surface area contributed by atoms with Gasteiger partial charge in [0.1, 0.15) is 0 Å². The van der Waals surface area contributed by atoms with Crippen molar-refractivity contribution in [2.75, 3.05) is 7.11 Å². The molecule has 0 amide bonds. The molecular formula is C23H17BrClNO2. The van der Waals surface area contributed by atoms with Gasteiger partial charge in [0.2, 0.25) is 0 Å². The van der Waals surface area contributed by atoms with Gasteiger partial charge in [-0.15, -0.1) is 0 Å². The van der Waals surface area contributed by atoms with Gasteiger partial charge in [-0.25, -0.2) is 0 Å². The Morgan fingerprint density at radius 2 is 1.71 bits per heavy atom. The molecule has 0 aliphatic carbocycles. The quantitative estimate of drug-likeness (QED) is 0.371. The van der Waals surface area contributed by atoms with Crippen molar-refractivity contribution >= 4 is 38.4 Å². The summed E-state index contributed by atoms with van der Waals surface area (Å²) in [5.41, 5.74) is 3.32. The highest BCUT2D eigenvalue weighted by Crippen LogP contribution is 2.36. The lowest BCUT2D eigenvalue weighted by atomic mass is 9.99. The Morgan fingerprint density at radius 1 is 1.00 bits per heavy atom. The summed E-state index contributed by atoms with van der Waals surface area (Å²) in [5.74, 6) is 0.313. The fraction of sp³-hybridized carbons (Fsp3) is 0.0870. The number of benzene rings is 3. The molecule has 0 atom stereocenters. The summed E-state index contributed by atoms with van der Waals surface area (Å²) >= 11 is 9.89. The van der Waals surface area contributed by atoms with E-state index in [9.17, 15) is 4.79 Å². The molecule has 28 heavy (non-hydrogen) atoms. The van der Waals surface area contributed by atoms with E-state index in [4.69, 9.17) is 16.3 Å². The summed E-state index contributed by atoms with van der Waals surface area (Å²) in [6, 6.07) is 23.2. The predicted octanol–water partition coefficient (Wildman–Crippen LogP) is 6.14. The number of halogens is 2. The Balaban J connectivity index is 2.07. The topological polar surface area (TPSA) is 31.2 Å². The SMILES string of the molecule is COc1c(-c2ccccc2)c2cc(Cl)ccc2n(Cc2ccccc2Br)c1=O. The third-order valence-corrected chi connectivity index (χ3v) is 5.75. The van der Waals surface area contributed by atoms with E-state index in [-0.39, 0.29) is 5.56 Å². The molecule has 0 saturated carbocycles.